The van der Waals surface area contributed by atoms with Crippen molar-refractivity contribution in [1.82, 2.24) is 5.32 Å². The summed E-state index contributed by atoms with van der Waals surface area (Å²) in [6, 6.07) is 15.8. The van der Waals surface area contributed by atoms with Gasteiger partial charge in [0.1, 0.15) is 6.61 Å². The number of nitrogens with one attached hydrogen (secondary N) is 1. The summed E-state index contributed by atoms with van der Waals surface area (Å²) in [5.74, 6) is 0. The summed E-state index contributed by atoms with van der Waals surface area (Å²) in [4.78, 5) is 11.8. The Hall–Kier alpha value is -2.04. The van der Waals surface area contributed by atoms with Crippen LogP contribution in [0, 0.1) is 0 Å². The van der Waals surface area contributed by atoms with Crippen LogP contribution in [-0.2, 0) is 11.3 Å². The van der Waals surface area contributed by atoms with E-state index in [9.17, 15) is 9.90 Å². The van der Waals surface area contributed by atoms with E-state index in [-0.39, 0.29) is 6.61 Å². The zero-order valence-corrected chi connectivity index (χ0v) is 13.0. The van der Waals surface area contributed by atoms with Gasteiger partial charge in [-0.25, -0.2) is 4.79 Å². The van der Waals surface area contributed by atoms with E-state index in [1.807, 2.05) is 30.3 Å². The predicted molar refractivity (Wildman–Crippen MR) is 85.6 cm³/mol. The summed E-state index contributed by atoms with van der Waals surface area (Å²) in [5.41, 5.74) is 1.59. The molecule has 2 aromatic rings. The molecule has 0 spiro atoms. The van der Waals surface area contributed by atoms with Gasteiger partial charge in [-0.1, -0.05) is 54.1 Å². The highest BCUT2D eigenvalue weighted by Crippen LogP contribution is 2.19. The lowest BCUT2D eigenvalue weighted by atomic mass is 10.0. The number of hydrogen-bond donors (Lipinski definition) is 2. The van der Waals surface area contributed by atoms with E-state index in [2.05, 4.69) is 5.32 Å². The van der Waals surface area contributed by atoms with Crippen LogP contribution in [0.5, 0.6) is 0 Å². The van der Waals surface area contributed by atoms with Crippen LogP contribution in [0.15, 0.2) is 54.6 Å². The van der Waals surface area contributed by atoms with E-state index in [4.69, 9.17) is 16.3 Å². The lowest BCUT2D eigenvalue weighted by molar-refractivity contribution is 0.106. The van der Waals surface area contributed by atoms with Gasteiger partial charge < -0.3 is 15.2 Å². The van der Waals surface area contributed by atoms with Crippen LogP contribution in [0.3, 0.4) is 0 Å². The summed E-state index contributed by atoms with van der Waals surface area (Å²) in [6.45, 7) is 1.90. The molecule has 0 radical (unpaired) electrons. The number of aliphatic hydroxyl groups is 1. The second-order valence-corrected chi connectivity index (χ2v) is 5.43. The minimum absolute atomic E-state index is 0.191. The second kappa shape index (κ2) is 7.82. The molecule has 0 saturated carbocycles. The highest BCUT2D eigenvalue weighted by Gasteiger charge is 2.19. The summed E-state index contributed by atoms with van der Waals surface area (Å²) in [7, 11) is 0. The van der Waals surface area contributed by atoms with Crippen molar-refractivity contribution in [2.75, 3.05) is 0 Å². The Morgan fingerprint density at radius 3 is 2.45 bits per heavy atom. The zero-order chi connectivity index (χ0) is 15.9. The Labute approximate surface area is 134 Å². The van der Waals surface area contributed by atoms with Crippen LogP contribution < -0.4 is 5.32 Å². The van der Waals surface area contributed by atoms with Crippen molar-refractivity contribution in [2.45, 2.75) is 25.7 Å². The van der Waals surface area contributed by atoms with Gasteiger partial charge >= 0.3 is 6.09 Å². The molecule has 0 aliphatic heterocycles. The topological polar surface area (TPSA) is 58.6 Å². The smallest absolute Gasteiger partial charge is 0.407 e. The van der Waals surface area contributed by atoms with Gasteiger partial charge in [-0.3, -0.25) is 0 Å². The highest BCUT2D eigenvalue weighted by atomic mass is 35.5. The molecule has 1 amide bonds. The molecular formula is C17H18ClNO3. The van der Waals surface area contributed by atoms with Gasteiger partial charge in [-0.05, 0) is 30.2 Å². The van der Waals surface area contributed by atoms with Crippen LogP contribution in [-0.4, -0.2) is 17.2 Å². The van der Waals surface area contributed by atoms with Crippen LogP contribution in [0.1, 0.15) is 24.2 Å². The molecule has 2 aromatic carbocycles. The van der Waals surface area contributed by atoms with Crippen LogP contribution >= 0.6 is 11.6 Å². The van der Waals surface area contributed by atoms with Crippen molar-refractivity contribution in [3.63, 3.8) is 0 Å². The van der Waals surface area contributed by atoms with E-state index in [0.29, 0.717) is 10.6 Å². The van der Waals surface area contributed by atoms with E-state index in [1.165, 1.54) is 0 Å². The molecule has 0 fully saturated rings. The lowest BCUT2D eigenvalue weighted by Crippen LogP contribution is -2.37. The van der Waals surface area contributed by atoms with Gasteiger partial charge in [0.15, 0.2) is 0 Å². The molecule has 0 heterocycles. The van der Waals surface area contributed by atoms with Crippen molar-refractivity contribution in [3.05, 3.63) is 70.7 Å². The van der Waals surface area contributed by atoms with Crippen molar-refractivity contribution in [2.24, 2.45) is 0 Å². The number of carbonyl (C=O) groups excluding carboxylic acids is 1. The number of aliphatic hydroxyl groups excluding tert-OH is 1. The van der Waals surface area contributed by atoms with Crippen molar-refractivity contribution in [3.8, 4) is 0 Å². The molecule has 0 aliphatic carbocycles. The fourth-order valence-electron chi connectivity index (χ4n) is 1.98. The van der Waals surface area contributed by atoms with Crippen molar-refractivity contribution >= 4 is 17.7 Å². The van der Waals surface area contributed by atoms with Crippen LogP contribution in [0.4, 0.5) is 4.79 Å². The summed E-state index contributed by atoms with van der Waals surface area (Å²) < 4.78 is 5.12. The number of ether oxygens (including phenoxy) is 1. The first-order valence-electron chi connectivity index (χ1n) is 6.97. The molecule has 5 heteroatoms. The quantitative estimate of drug-likeness (QED) is 0.883. The van der Waals surface area contributed by atoms with Crippen LogP contribution in [0.2, 0.25) is 5.02 Å². The Morgan fingerprint density at radius 2 is 1.82 bits per heavy atom. The van der Waals surface area contributed by atoms with Gasteiger partial charge in [0, 0.05) is 5.02 Å². The third-order valence-corrected chi connectivity index (χ3v) is 3.50. The van der Waals surface area contributed by atoms with Gasteiger partial charge in [0.2, 0.25) is 0 Å². The fourth-order valence-corrected chi connectivity index (χ4v) is 2.10. The number of benzene rings is 2. The van der Waals surface area contributed by atoms with Crippen molar-refractivity contribution in [1.29, 1.82) is 0 Å². The molecule has 4 nitrogen and oxygen atoms in total. The van der Waals surface area contributed by atoms with Gasteiger partial charge in [0.25, 0.3) is 0 Å². The third-order valence-electron chi connectivity index (χ3n) is 3.24. The Morgan fingerprint density at radius 1 is 1.18 bits per heavy atom. The monoisotopic (exact) mass is 319 g/mol. The first-order valence-corrected chi connectivity index (χ1v) is 7.35. The first-order chi connectivity index (χ1) is 10.6. The third kappa shape index (κ3) is 4.76. The molecule has 116 valence electrons. The predicted octanol–water partition coefficient (Wildman–Crippen LogP) is 3.69. The van der Waals surface area contributed by atoms with Crippen molar-refractivity contribution < 1.29 is 14.6 Å². The van der Waals surface area contributed by atoms with Gasteiger partial charge in [-0.15, -0.1) is 0 Å². The largest absolute Gasteiger partial charge is 0.445 e. The summed E-state index contributed by atoms with van der Waals surface area (Å²) in [5, 5.41) is 13.4. The minimum Gasteiger partial charge on any atom is -0.445 e. The van der Waals surface area contributed by atoms with E-state index in [1.54, 1.807) is 31.2 Å². The highest BCUT2D eigenvalue weighted by molar-refractivity contribution is 6.30. The fraction of sp³-hybridized carbons (Fsp3) is 0.235. The molecular weight excluding hydrogens is 302 g/mol. The molecule has 2 atom stereocenters. The molecule has 0 aromatic heterocycles. The maximum absolute atomic E-state index is 11.8. The summed E-state index contributed by atoms with van der Waals surface area (Å²) in [6.07, 6.45) is -1.40. The van der Waals surface area contributed by atoms with E-state index < -0.39 is 18.2 Å². The molecule has 0 saturated heterocycles. The standard InChI is InChI=1S/C17H18ClNO3/c1-12(16(20)14-7-9-15(18)10-8-14)19-17(21)22-11-13-5-3-2-4-6-13/h2-10,12,16,20H,11H2,1H3,(H,19,21)/t12-,16?/m1/s1. The van der Waals surface area contributed by atoms with Gasteiger partial charge in [0.05, 0.1) is 12.1 Å². The molecule has 0 bridgehead atoms. The SMILES string of the molecule is C[C@@H](NC(=O)OCc1ccccc1)C(O)c1ccc(Cl)cc1. The molecule has 2 N–H and O–H groups in total. The first kappa shape index (κ1) is 16.3. The van der Waals surface area contributed by atoms with Gasteiger partial charge in [-0.2, -0.15) is 0 Å². The minimum atomic E-state index is -0.832. The normalized spacial score (nSPS) is 13.2. The molecule has 2 rings (SSSR count). The Balaban J connectivity index is 1.84. The maximum Gasteiger partial charge on any atom is 0.407 e. The number of amides is 1. The average molecular weight is 320 g/mol. The number of halogens is 1. The Bertz CT molecular complexity index is 601. The second-order valence-electron chi connectivity index (χ2n) is 4.99. The molecule has 22 heavy (non-hydrogen) atoms. The Kier molecular flexibility index (Phi) is 5.81. The lowest BCUT2D eigenvalue weighted by Gasteiger charge is -2.20. The average Bonchev–Trinajstić information content (AvgIpc) is 2.54. The zero-order valence-electron chi connectivity index (χ0n) is 12.2. The van der Waals surface area contributed by atoms with Crippen LogP contribution in [0.25, 0.3) is 0 Å². The van der Waals surface area contributed by atoms with E-state index in [0.717, 1.165) is 5.56 Å². The number of hydrogen-bond acceptors (Lipinski definition) is 3. The molecule has 1 unspecified atom stereocenters. The number of rotatable bonds is 5. The maximum atomic E-state index is 11.8. The number of alkyl carbamates (subject to hydrolysis) is 1. The van der Waals surface area contributed by atoms with E-state index >= 15 is 0 Å². The summed E-state index contributed by atoms with van der Waals surface area (Å²) >= 11 is 5.81. The molecule has 0 aliphatic rings. The number of carbonyl (C=O) groups is 1.